The van der Waals surface area contributed by atoms with Crippen LogP contribution in [0.4, 0.5) is 0 Å². The maximum atomic E-state index is 12.2. The molecule has 33 heavy (non-hydrogen) atoms. The second-order valence-corrected chi connectivity index (χ2v) is 7.99. The molecule has 170 valence electrons. The average Bonchev–Trinajstić information content (AvgIpc) is 3.19. The highest BCUT2D eigenvalue weighted by atomic mass is 16.6. The third-order valence-corrected chi connectivity index (χ3v) is 5.31. The van der Waals surface area contributed by atoms with Gasteiger partial charge in [0.05, 0.1) is 0 Å². The van der Waals surface area contributed by atoms with Gasteiger partial charge in [0.25, 0.3) is 0 Å². The normalized spacial score (nSPS) is 14.1. The first-order valence-electron chi connectivity index (χ1n) is 10.5. The Morgan fingerprint density at radius 3 is 2.15 bits per heavy atom. The molecule has 6 nitrogen and oxygen atoms in total. The molecule has 0 saturated carbocycles. The molecular weight excluding hydrogens is 420 g/mol. The van der Waals surface area contributed by atoms with Gasteiger partial charge in [-0.05, 0) is 74.1 Å². The van der Waals surface area contributed by atoms with E-state index < -0.39 is 24.0 Å². The standard InChI is InChI=1S/C27H26O6/c1-7-24(28)31-22-13-10-20-19(9-12-23(25(20)22)33-27(30)16(4)5)18-8-11-21(17(6)14-18)32-26(29)15(2)3/h7-9,11-12,14,22H,1-2,4,10,13H2,3,5-6H3. The molecule has 0 radical (unpaired) electrons. The molecular formula is C27H26O6. The predicted octanol–water partition coefficient (Wildman–Crippen LogP) is 5.34. The molecule has 0 amide bonds. The molecule has 0 bridgehead atoms. The lowest BCUT2D eigenvalue weighted by molar-refractivity contribution is -0.143. The number of carbonyl (C=O) groups is 3. The molecule has 1 aliphatic carbocycles. The molecule has 6 heteroatoms. The highest BCUT2D eigenvalue weighted by Crippen LogP contribution is 2.45. The summed E-state index contributed by atoms with van der Waals surface area (Å²) in [6.07, 6.45) is 1.73. The van der Waals surface area contributed by atoms with Crippen molar-refractivity contribution in [2.24, 2.45) is 0 Å². The quantitative estimate of drug-likeness (QED) is 0.324. The lowest BCUT2D eigenvalue weighted by Crippen LogP contribution is -2.13. The molecule has 0 aromatic heterocycles. The molecule has 0 fully saturated rings. The summed E-state index contributed by atoms with van der Waals surface area (Å²) in [5.41, 5.74) is 4.76. The number of hydrogen-bond acceptors (Lipinski definition) is 6. The van der Waals surface area contributed by atoms with E-state index in [0.29, 0.717) is 35.5 Å². The van der Waals surface area contributed by atoms with Crippen molar-refractivity contribution in [2.45, 2.75) is 39.7 Å². The number of benzene rings is 2. The van der Waals surface area contributed by atoms with Crippen LogP contribution >= 0.6 is 0 Å². The number of fused-ring (bicyclic) bond motifs is 1. The largest absolute Gasteiger partial charge is 0.454 e. The van der Waals surface area contributed by atoms with Gasteiger partial charge in [0.2, 0.25) is 0 Å². The van der Waals surface area contributed by atoms with Crippen LogP contribution in [0.1, 0.15) is 43.1 Å². The number of rotatable bonds is 7. The van der Waals surface area contributed by atoms with Crippen LogP contribution in [0.25, 0.3) is 11.1 Å². The first kappa shape index (κ1) is 23.7. The molecule has 0 aliphatic heterocycles. The van der Waals surface area contributed by atoms with Gasteiger partial charge in [-0.25, -0.2) is 14.4 Å². The van der Waals surface area contributed by atoms with Gasteiger partial charge in [-0.3, -0.25) is 0 Å². The van der Waals surface area contributed by atoms with Crippen molar-refractivity contribution in [3.8, 4) is 22.6 Å². The van der Waals surface area contributed by atoms with Gasteiger partial charge in [0, 0.05) is 22.8 Å². The minimum absolute atomic E-state index is 0.265. The Balaban J connectivity index is 2.04. The number of esters is 3. The monoisotopic (exact) mass is 446 g/mol. The smallest absolute Gasteiger partial charge is 0.338 e. The van der Waals surface area contributed by atoms with Crippen molar-refractivity contribution in [2.75, 3.05) is 0 Å². The zero-order chi connectivity index (χ0) is 24.3. The predicted molar refractivity (Wildman–Crippen MR) is 125 cm³/mol. The van der Waals surface area contributed by atoms with Crippen molar-refractivity contribution < 1.29 is 28.6 Å². The molecule has 2 aromatic carbocycles. The topological polar surface area (TPSA) is 78.9 Å². The number of carbonyl (C=O) groups excluding carboxylic acids is 3. The summed E-state index contributed by atoms with van der Waals surface area (Å²) in [6.45, 7) is 15.7. The summed E-state index contributed by atoms with van der Waals surface area (Å²) in [5.74, 6) is -0.791. The van der Waals surface area contributed by atoms with Gasteiger partial charge in [0.1, 0.15) is 17.6 Å². The van der Waals surface area contributed by atoms with Gasteiger partial charge in [-0.2, -0.15) is 0 Å². The van der Waals surface area contributed by atoms with Gasteiger partial charge in [-0.1, -0.05) is 31.9 Å². The molecule has 1 unspecified atom stereocenters. The van der Waals surface area contributed by atoms with Crippen molar-refractivity contribution in [3.05, 3.63) is 84.0 Å². The Kier molecular flexibility index (Phi) is 6.97. The van der Waals surface area contributed by atoms with E-state index in [1.165, 1.54) is 0 Å². The Morgan fingerprint density at radius 1 is 0.970 bits per heavy atom. The first-order chi connectivity index (χ1) is 15.6. The van der Waals surface area contributed by atoms with Crippen LogP contribution < -0.4 is 9.47 Å². The maximum Gasteiger partial charge on any atom is 0.338 e. The number of hydrogen-bond donors (Lipinski definition) is 0. The highest BCUT2D eigenvalue weighted by molar-refractivity contribution is 5.90. The lowest BCUT2D eigenvalue weighted by Gasteiger charge is -2.18. The van der Waals surface area contributed by atoms with Gasteiger partial charge in [0.15, 0.2) is 0 Å². The zero-order valence-corrected chi connectivity index (χ0v) is 19.0. The van der Waals surface area contributed by atoms with Crippen LogP contribution in [0.2, 0.25) is 0 Å². The van der Waals surface area contributed by atoms with E-state index in [0.717, 1.165) is 28.3 Å². The van der Waals surface area contributed by atoms with Crippen LogP contribution in [0, 0.1) is 6.92 Å². The number of aryl methyl sites for hydroxylation is 1. The Labute approximate surface area is 193 Å². The molecule has 0 heterocycles. The molecule has 1 atom stereocenters. The third-order valence-electron chi connectivity index (χ3n) is 5.31. The zero-order valence-electron chi connectivity index (χ0n) is 19.0. The van der Waals surface area contributed by atoms with Crippen molar-refractivity contribution in [1.82, 2.24) is 0 Å². The minimum atomic E-state index is -0.560. The average molecular weight is 446 g/mol. The maximum absolute atomic E-state index is 12.2. The molecule has 3 rings (SSSR count). The van der Waals surface area contributed by atoms with E-state index in [4.69, 9.17) is 14.2 Å². The van der Waals surface area contributed by atoms with Gasteiger partial charge < -0.3 is 14.2 Å². The molecule has 0 spiro atoms. The summed E-state index contributed by atoms with van der Waals surface area (Å²) >= 11 is 0. The SMILES string of the molecule is C=CC(=O)OC1CCc2c(-c3ccc(OC(=O)C(=C)C)c(C)c3)ccc(OC(=O)C(=C)C)c21. The van der Waals surface area contributed by atoms with Crippen molar-refractivity contribution in [3.63, 3.8) is 0 Å². The summed E-state index contributed by atoms with van der Waals surface area (Å²) in [6, 6.07) is 9.06. The van der Waals surface area contributed by atoms with Gasteiger partial charge in [-0.15, -0.1) is 0 Å². The van der Waals surface area contributed by atoms with Crippen molar-refractivity contribution in [1.29, 1.82) is 0 Å². The van der Waals surface area contributed by atoms with Crippen LogP contribution in [0.15, 0.2) is 67.3 Å². The van der Waals surface area contributed by atoms with Crippen LogP contribution in [-0.2, 0) is 25.5 Å². The van der Waals surface area contributed by atoms with Crippen LogP contribution in [0.5, 0.6) is 11.5 Å². The Hall–Kier alpha value is -3.93. The summed E-state index contributed by atoms with van der Waals surface area (Å²) in [4.78, 5) is 35.9. The molecule has 0 saturated heterocycles. The van der Waals surface area contributed by atoms with Crippen LogP contribution in [0.3, 0.4) is 0 Å². The Morgan fingerprint density at radius 2 is 1.58 bits per heavy atom. The fraction of sp³-hybridized carbons (Fsp3) is 0.222. The van der Waals surface area contributed by atoms with E-state index in [1.807, 2.05) is 25.1 Å². The fourth-order valence-electron chi connectivity index (χ4n) is 3.66. The van der Waals surface area contributed by atoms with Crippen LogP contribution in [-0.4, -0.2) is 17.9 Å². The minimum Gasteiger partial charge on any atom is -0.454 e. The number of ether oxygens (including phenoxy) is 3. The highest BCUT2D eigenvalue weighted by Gasteiger charge is 2.32. The van der Waals surface area contributed by atoms with E-state index in [1.54, 1.807) is 26.0 Å². The van der Waals surface area contributed by atoms with E-state index >= 15 is 0 Å². The Bertz CT molecular complexity index is 1190. The van der Waals surface area contributed by atoms with E-state index in [2.05, 4.69) is 19.7 Å². The molecule has 2 aromatic rings. The summed E-state index contributed by atoms with van der Waals surface area (Å²) in [5, 5.41) is 0. The summed E-state index contributed by atoms with van der Waals surface area (Å²) in [7, 11) is 0. The fourth-order valence-corrected chi connectivity index (χ4v) is 3.66. The van der Waals surface area contributed by atoms with Crippen molar-refractivity contribution >= 4 is 17.9 Å². The van der Waals surface area contributed by atoms with E-state index in [9.17, 15) is 14.4 Å². The van der Waals surface area contributed by atoms with Gasteiger partial charge >= 0.3 is 17.9 Å². The molecule has 1 aliphatic rings. The third kappa shape index (κ3) is 5.12. The lowest BCUT2D eigenvalue weighted by atomic mass is 9.94. The summed E-state index contributed by atoms with van der Waals surface area (Å²) < 4.78 is 16.5. The molecule has 0 N–H and O–H groups in total. The first-order valence-corrected chi connectivity index (χ1v) is 10.5. The second-order valence-electron chi connectivity index (χ2n) is 7.99. The van der Waals surface area contributed by atoms with E-state index in [-0.39, 0.29) is 5.57 Å². The second kappa shape index (κ2) is 9.69.